The molecule has 0 bridgehead atoms. The molecule has 26 heavy (non-hydrogen) atoms. The van der Waals surface area contributed by atoms with E-state index in [0.29, 0.717) is 23.0 Å². The van der Waals surface area contributed by atoms with Crippen LogP contribution in [-0.2, 0) is 14.3 Å². The van der Waals surface area contributed by atoms with E-state index < -0.39 is 12.0 Å². The Balaban J connectivity index is 2.06. The number of aryl methyl sites for hydroxylation is 1. The van der Waals surface area contributed by atoms with Gasteiger partial charge in [-0.25, -0.2) is 9.79 Å². The second-order valence-electron chi connectivity index (χ2n) is 7.17. The van der Waals surface area contributed by atoms with Crippen LogP contribution in [0.25, 0.3) is 0 Å². The summed E-state index contributed by atoms with van der Waals surface area (Å²) >= 11 is 1.43. The Hall–Kier alpha value is -2.08. The van der Waals surface area contributed by atoms with Gasteiger partial charge in [0.05, 0.1) is 29.2 Å². The van der Waals surface area contributed by atoms with Gasteiger partial charge in [-0.1, -0.05) is 55.4 Å². The molecular formula is C20H24N2O3S. The van der Waals surface area contributed by atoms with Crippen molar-refractivity contribution in [3.8, 4) is 0 Å². The zero-order valence-corrected chi connectivity index (χ0v) is 16.6. The van der Waals surface area contributed by atoms with Crippen molar-refractivity contribution in [2.75, 3.05) is 6.61 Å². The molecule has 0 N–H and O–H groups in total. The maximum atomic E-state index is 12.8. The Labute approximate surface area is 158 Å². The second-order valence-corrected chi connectivity index (χ2v) is 8.48. The molecule has 5 nitrogen and oxygen atoms in total. The lowest BCUT2D eigenvalue weighted by atomic mass is 9.93. The van der Waals surface area contributed by atoms with Gasteiger partial charge in [-0.15, -0.1) is 0 Å². The zero-order valence-electron chi connectivity index (χ0n) is 15.8. The van der Waals surface area contributed by atoms with Crippen LogP contribution >= 0.6 is 11.8 Å². The number of nitrogens with zero attached hydrogens (tertiary/aromatic N) is 2. The number of allylic oxidation sites excluding steroid dienone is 1. The minimum atomic E-state index is -0.493. The SMILES string of the molecule is CC1=C(C(=O)OCC(C)C)[C@H](c2ccc(C)cc2)N2C(=O)[C@H](C)SC2=N1. The van der Waals surface area contributed by atoms with E-state index in [1.165, 1.54) is 11.8 Å². The Morgan fingerprint density at radius 2 is 1.92 bits per heavy atom. The number of aliphatic imine (C=N–C) groups is 1. The molecule has 2 aliphatic heterocycles. The third-order valence-electron chi connectivity index (χ3n) is 4.42. The third-order valence-corrected chi connectivity index (χ3v) is 5.47. The van der Waals surface area contributed by atoms with Gasteiger partial charge in [0.2, 0.25) is 5.91 Å². The van der Waals surface area contributed by atoms with Gasteiger partial charge < -0.3 is 4.74 Å². The van der Waals surface area contributed by atoms with Crippen LogP contribution < -0.4 is 0 Å². The highest BCUT2D eigenvalue weighted by Gasteiger charge is 2.46. The molecule has 0 aliphatic carbocycles. The summed E-state index contributed by atoms with van der Waals surface area (Å²) in [6.45, 7) is 10.0. The van der Waals surface area contributed by atoms with Gasteiger partial charge in [-0.3, -0.25) is 9.69 Å². The summed E-state index contributed by atoms with van der Waals surface area (Å²) in [5.74, 6) is -0.188. The van der Waals surface area contributed by atoms with Gasteiger partial charge in [0, 0.05) is 0 Å². The van der Waals surface area contributed by atoms with E-state index in [0.717, 1.165) is 11.1 Å². The molecule has 138 valence electrons. The van der Waals surface area contributed by atoms with E-state index in [-0.39, 0.29) is 17.1 Å². The largest absolute Gasteiger partial charge is 0.462 e. The highest BCUT2D eigenvalue weighted by Crippen LogP contribution is 2.43. The molecule has 3 rings (SSSR count). The van der Waals surface area contributed by atoms with Crippen LogP contribution in [0.2, 0.25) is 0 Å². The molecule has 0 unspecified atom stereocenters. The summed E-state index contributed by atoms with van der Waals surface area (Å²) in [5.41, 5.74) is 3.08. The number of benzene rings is 1. The summed E-state index contributed by atoms with van der Waals surface area (Å²) in [5, 5.41) is 0.450. The molecule has 0 spiro atoms. The molecule has 1 aromatic carbocycles. The predicted octanol–water partition coefficient (Wildman–Crippen LogP) is 3.84. The number of ether oxygens (including phenoxy) is 1. The quantitative estimate of drug-likeness (QED) is 0.754. The van der Waals surface area contributed by atoms with Gasteiger partial charge in [0.15, 0.2) is 5.17 Å². The van der Waals surface area contributed by atoms with Crippen molar-refractivity contribution in [1.82, 2.24) is 4.90 Å². The Morgan fingerprint density at radius 1 is 1.27 bits per heavy atom. The van der Waals surface area contributed by atoms with Gasteiger partial charge in [0.25, 0.3) is 0 Å². The summed E-state index contributed by atoms with van der Waals surface area (Å²) in [7, 11) is 0. The lowest BCUT2D eigenvalue weighted by Gasteiger charge is -2.33. The Morgan fingerprint density at radius 3 is 2.54 bits per heavy atom. The Bertz CT molecular complexity index is 796. The fraction of sp³-hybridized carbons (Fsp3) is 0.450. The van der Waals surface area contributed by atoms with Crippen LogP contribution in [0, 0.1) is 12.8 Å². The first-order chi connectivity index (χ1) is 12.3. The summed E-state index contributed by atoms with van der Waals surface area (Å²) in [6, 6.07) is 7.42. The fourth-order valence-electron chi connectivity index (χ4n) is 3.05. The molecule has 1 amide bonds. The molecule has 1 aromatic rings. The fourth-order valence-corrected chi connectivity index (χ4v) is 4.08. The average Bonchev–Trinajstić information content (AvgIpc) is 2.86. The maximum Gasteiger partial charge on any atom is 0.338 e. The minimum absolute atomic E-state index is 0.0269. The van der Waals surface area contributed by atoms with E-state index in [2.05, 4.69) is 4.99 Å². The van der Waals surface area contributed by atoms with Crippen LogP contribution in [-0.4, -0.2) is 33.8 Å². The van der Waals surface area contributed by atoms with E-state index in [9.17, 15) is 9.59 Å². The number of hydrogen-bond acceptors (Lipinski definition) is 5. The predicted molar refractivity (Wildman–Crippen MR) is 104 cm³/mol. The van der Waals surface area contributed by atoms with Crippen LogP contribution in [0.3, 0.4) is 0 Å². The molecule has 1 fully saturated rings. The molecule has 2 atom stereocenters. The molecule has 2 aliphatic rings. The number of thioether (sulfide) groups is 1. The highest BCUT2D eigenvalue weighted by atomic mass is 32.2. The van der Waals surface area contributed by atoms with Crippen molar-refractivity contribution in [1.29, 1.82) is 0 Å². The maximum absolute atomic E-state index is 12.8. The average molecular weight is 372 g/mol. The number of amides is 1. The smallest absolute Gasteiger partial charge is 0.338 e. The topological polar surface area (TPSA) is 59.0 Å². The van der Waals surface area contributed by atoms with E-state index >= 15 is 0 Å². The number of carbonyl (C=O) groups excluding carboxylic acids is 2. The number of rotatable bonds is 4. The molecule has 0 radical (unpaired) electrons. The van der Waals surface area contributed by atoms with Crippen molar-refractivity contribution in [2.24, 2.45) is 10.9 Å². The van der Waals surface area contributed by atoms with Crippen molar-refractivity contribution >= 4 is 28.8 Å². The lowest BCUT2D eigenvalue weighted by molar-refractivity contribution is -0.141. The highest BCUT2D eigenvalue weighted by molar-refractivity contribution is 8.15. The van der Waals surface area contributed by atoms with E-state index in [1.807, 2.05) is 58.9 Å². The van der Waals surface area contributed by atoms with Crippen LogP contribution in [0.15, 0.2) is 40.5 Å². The third kappa shape index (κ3) is 3.43. The monoisotopic (exact) mass is 372 g/mol. The summed E-state index contributed by atoms with van der Waals surface area (Å²) < 4.78 is 5.49. The number of hydrogen-bond donors (Lipinski definition) is 0. The van der Waals surface area contributed by atoms with Gasteiger partial charge in [0.1, 0.15) is 0 Å². The molecule has 1 saturated heterocycles. The Kier molecular flexibility index (Phi) is 5.23. The van der Waals surface area contributed by atoms with Crippen molar-refractivity contribution in [2.45, 2.75) is 45.9 Å². The van der Waals surface area contributed by atoms with Crippen molar-refractivity contribution in [3.63, 3.8) is 0 Å². The standard InChI is InChI=1S/C20H24N2O3S/c1-11(2)10-25-19(24)16-13(4)21-20-22(18(23)14(5)26-20)17(16)15-8-6-12(3)7-9-15/h6-9,11,14,17H,10H2,1-5H3/t14-,17-/m0/s1. The summed E-state index contributed by atoms with van der Waals surface area (Å²) in [4.78, 5) is 31.8. The number of carbonyl (C=O) groups is 2. The van der Waals surface area contributed by atoms with Crippen LogP contribution in [0.1, 0.15) is 44.9 Å². The second kappa shape index (κ2) is 7.27. The van der Waals surface area contributed by atoms with Crippen LogP contribution in [0.5, 0.6) is 0 Å². The molecule has 0 aromatic heterocycles. The first kappa shape index (κ1) is 18.7. The number of fused-ring (bicyclic) bond motifs is 1. The molecule has 0 saturated carbocycles. The number of amidine groups is 1. The van der Waals surface area contributed by atoms with Gasteiger partial charge in [-0.2, -0.15) is 0 Å². The normalized spacial score (nSPS) is 22.6. The van der Waals surface area contributed by atoms with E-state index in [1.54, 1.807) is 4.90 Å². The van der Waals surface area contributed by atoms with E-state index in [4.69, 9.17) is 4.74 Å². The van der Waals surface area contributed by atoms with Crippen molar-refractivity contribution in [3.05, 3.63) is 46.7 Å². The molecule has 6 heteroatoms. The van der Waals surface area contributed by atoms with Gasteiger partial charge >= 0.3 is 5.97 Å². The molecule has 2 heterocycles. The molecular weight excluding hydrogens is 348 g/mol. The van der Waals surface area contributed by atoms with Crippen molar-refractivity contribution < 1.29 is 14.3 Å². The summed E-state index contributed by atoms with van der Waals surface area (Å²) in [6.07, 6.45) is 0. The van der Waals surface area contributed by atoms with Crippen LogP contribution in [0.4, 0.5) is 0 Å². The first-order valence-electron chi connectivity index (χ1n) is 8.82. The first-order valence-corrected chi connectivity index (χ1v) is 9.70. The zero-order chi connectivity index (χ0) is 19.0. The lowest BCUT2D eigenvalue weighted by Crippen LogP contribution is -2.40. The number of esters is 1. The van der Waals surface area contributed by atoms with Gasteiger partial charge in [-0.05, 0) is 32.3 Å². The minimum Gasteiger partial charge on any atom is -0.462 e.